The summed E-state index contributed by atoms with van der Waals surface area (Å²) in [5, 5.41) is 1.62. The van der Waals surface area contributed by atoms with Crippen LogP contribution in [0, 0.1) is 5.82 Å². The highest BCUT2D eigenvalue weighted by atomic mass is 19.1. The van der Waals surface area contributed by atoms with Crippen LogP contribution in [0.25, 0.3) is 0 Å². The molecule has 0 saturated heterocycles. The van der Waals surface area contributed by atoms with Crippen molar-refractivity contribution in [2.45, 2.75) is 6.54 Å². The molecule has 0 spiro atoms. The van der Waals surface area contributed by atoms with E-state index in [2.05, 4.69) is 0 Å². The summed E-state index contributed by atoms with van der Waals surface area (Å²) in [5.74, 6) is 6.11. The molecule has 0 radical (unpaired) electrons. The Morgan fingerprint density at radius 3 is 3.15 bits per heavy atom. The molecule has 0 amide bonds. The Balaban J connectivity index is 2.35. The number of benzene rings is 1. The van der Waals surface area contributed by atoms with E-state index in [1.807, 2.05) is 0 Å². The van der Waals surface area contributed by atoms with Crippen LogP contribution in [0.4, 0.5) is 4.39 Å². The molecule has 0 fully saturated rings. The van der Waals surface area contributed by atoms with Crippen molar-refractivity contribution in [3.63, 3.8) is 0 Å². The molecular formula is C9H11FN2O. The van der Waals surface area contributed by atoms with Gasteiger partial charge in [0.15, 0.2) is 0 Å². The van der Waals surface area contributed by atoms with Gasteiger partial charge in [-0.05, 0) is 18.2 Å². The molecule has 0 bridgehead atoms. The predicted octanol–water partition coefficient (Wildman–Crippen LogP) is 0.894. The lowest BCUT2D eigenvalue weighted by molar-refractivity contribution is 0.230. The van der Waals surface area contributed by atoms with Crippen LogP contribution >= 0.6 is 0 Å². The molecule has 1 aromatic rings. The molecule has 2 N–H and O–H groups in total. The first-order valence-corrected chi connectivity index (χ1v) is 4.16. The summed E-state index contributed by atoms with van der Waals surface area (Å²) in [6.07, 6.45) is 0. The van der Waals surface area contributed by atoms with Crippen molar-refractivity contribution < 1.29 is 9.13 Å². The SMILES string of the molecule is NN1CCOc2ccc(F)cc2C1. The first-order chi connectivity index (χ1) is 6.25. The van der Waals surface area contributed by atoms with Crippen LogP contribution in [-0.4, -0.2) is 18.2 Å². The second-order valence-corrected chi connectivity index (χ2v) is 3.07. The second kappa shape index (κ2) is 3.32. The maximum atomic E-state index is 12.8. The number of ether oxygens (including phenoxy) is 1. The molecule has 1 aliphatic heterocycles. The number of rotatable bonds is 0. The van der Waals surface area contributed by atoms with Gasteiger partial charge >= 0.3 is 0 Å². The zero-order valence-corrected chi connectivity index (χ0v) is 7.16. The van der Waals surface area contributed by atoms with Gasteiger partial charge in [0.1, 0.15) is 18.2 Å². The topological polar surface area (TPSA) is 38.5 Å². The quantitative estimate of drug-likeness (QED) is 0.606. The molecule has 4 heteroatoms. The molecule has 2 rings (SSSR count). The predicted molar refractivity (Wildman–Crippen MR) is 46.5 cm³/mol. The van der Waals surface area contributed by atoms with Crippen LogP contribution in [0.5, 0.6) is 5.75 Å². The summed E-state index contributed by atoms with van der Waals surface area (Å²) in [4.78, 5) is 0. The van der Waals surface area contributed by atoms with Gasteiger partial charge < -0.3 is 4.74 Å². The molecular weight excluding hydrogens is 171 g/mol. The Hall–Kier alpha value is -1.13. The third kappa shape index (κ3) is 1.79. The third-order valence-corrected chi connectivity index (χ3v) is 2.03. The van der Waals surface area contributed by atoms with E-state index in [0.29, 0.717) is 19.7 Å². The molecule has 0 unspecified atom stereocenters. The van der Waals surface area contributed by atoms with E-state index in [0.717, 1.165) is 11.3 Å². The fraction of sp³-hybridized carbons (Fsp3) is 0.333. The Kier molecular flexibility index (Phi) is 2.16. The van der Waals surface area contributed by atoms with Crippen molar-refractivity contribution in [3.05, 3.63) is 29.6 Å². The highest BCUT2D eigenvalue weighted by molar-refractivity contribution is 5.34. The van der Waals surface area contributed by atoms with Gasteiger partial charge in [-0.2, -0.15) is 0 Å². The van der Waals surface area contributed by atoms with Crippen molar-refractivity contribution >= 4 is 0 Å². The molecule has 0 aliphatic carbocycles. The van der Waals surface area contributed by atoms with Crippen LogP contribution in [0.2, 0.25) is 0 Å². The molecule has 1 heterocycles. The monoisotopic (exact) mass is 182 g/mol. The van der Waals surface area contributed by atoms with Crippen molar-refractivity contribution in [1.29, 1.82) is 0 Å². The van der Waals surface area contributed by atoms with E-state index < -0.39 is 0 Å². The molecule has 1 aliphatic rings. The molecule has 0 saturated carbocycles. The van der Waals surface area contributed by atoms with Gasteiger partial charge in [-0.25, -0.2) is 9.40 Å². The van der Waals surface area contributed by atoms with E-state index in [9.17, 15) is 4.39 Å². The standard InChI is InChI=1S/C9H11FN2O/c10-8-1-2-9-7(5-8)6-12(11)3-4-13-9/h1-2,5H,3-4,6,11H2. The average Bonchev–Trinajstić information content (AvgIpc) is 2.25. The number of hydrogen-bond donors (Lipinski definition) is 1. The maximum absolute atomic E-state index is 12.8. The first-order valence-electron chi connectivity index (χ1n) is 4.16. The largest absolute Gasteiger partial charge is 0.492 e. The number of halogens is 1. The van der Waals surface area contributed by atoms with Gasteiger partial charge in [-0.3, -0.25) is 5.84 Å². The van der Waals surface area contributed by atoms with Crippen LogP contribution in [0.3, 0.4) is 0 Å². The van der Waals surface area contributed by atoms with Gasteiger partial charge in [0.25, 0.3) is 0 Å². The lowest BCUT2D eigenvalue weighted by Gasteiger charge is -2.10. The Labute approximate surface area is 75.9 Å². The fourth-order valence-corrected chi connectivity index (χ4v) is 1.38. The van der Waals surface area contributed by atoms with Crippen molar-refractivity contribution in [1.82, 2.24) is 5.01 Å². The van der Waals surface area contributed by atoms with Gasteiger partial charge in [-0.1, -0.05) is 0 Å². The summed E-state index contributed by atoms with van der Waals surface area (Å²) in [5.41, 5.74) is 0.806. The first kappa shape index (κ1) is 8.47. The zero-order chi connectivity index (χ0) is 9.26. The number of nitrogens with zero attached hydrogens (tertiary/aromatic N) is 1. The normalized spacial score (nSPS) is 17.4. The van der Waals surface area contributed by atoms with E-state index in [4.69, 9.17) is 10.6 Å². The van der Waals surface area contributed by atoms with E-state index in [1.165, 1.54) is 12.1 Å². The molecule has 0 aromatic heterocycles. The highest BCUT2D eigenvalue weighted by Crippen LogP contribution is 2.22. The Morgan fingerprint density at radius 1 is 1.46 bits per heavy atom. The number of fused-ring (bicyclic) bond motifs is 1. The minimum Gasteiger partial charge on any atom is -0.492 e. The minimum atomic E-state index is -0.252. The molecule has 70 valence electrons. The summed E-state index contributed by atoms with van der Waals surface area (Å²) in [6.45, 7) is 1.75. The number of hydrogen-bond acceptors (Lipinski definition) is 3. The van der Waals surface area contributed by atoms with Crippen LogP contribution in [0.1, 0.15) is 5.56 Å². The lowest BCUT2D eigenvalue weighted by Crippen LogP contribution is -2.32. The highest BCUT2D eigenvalue weighted by Gasteiger charge is 2.12. The van der Waals surface area contributed by atoms with Gasteiger partial charge in [-0.15, -0.1) is 0 Å². The Morgan fingerprint density at radius 2 is 2.31 bits per heavy atom. The smallest absolute Gasteiger partial charge is 0.124 e. The molecule has 0 atom stereocenters. The van der Waals surface area contributed by atoms with Gasteiger partial charge in [0.05, 0.1) is 0 Å². The van der Waals surface area contributed by atoms with Crippen molar-refractivity contribution in [3.8, 4) is 5.75 Å². The fourth-order valence-electron chi connectivity index (χ4n) is 1.38. The van der Waals surface area contributed by atoms with Gasteiger partial charge in [0.2, 0.25) is 0 Å². The molecule has 13 heavy (non-hydrogen) atoms. The average molecular weight is 182 g/mol. The number of hydrazine groups is 1. The van der Waals surface area contributed by atoms with Crippen molar-refractivity contribution in [2.24, 2.45) is 5.84 Å². The second-order valence-electron chi connectivity index (χ2n) is 3.07. The van der Waals surface area contributed by atoms with Crippen molar-refractivity contribution in [2.75, 3.05) is 13.2 Å². The van der Waals surface area contributed by atoms with E-state index in [1.54, 1.807) is 11.1 Å². The van der Waals surface area contributed by atoms with Crippen LogP contribution < -0.4 is 10.6 Å². The summed E-state index contributed by atoms with van der Waals surface area (Å²) in [6, 6.07) is 4.50. The Bertz CT molecular complexity index is 316. The molecule has 1 aromatic carbocycles. The van der Waals surface area contributed by atoms with Crippen LogP contribution in [-0.2, 0) is 6.54 Å². The lowest BCUT2D eigenvalue weighted by atomic mass is 10.2. The molecule has 3 nitrogen and oxygen atoms in total. The summed E-state index contributed by atoms with van der Waals surface area (Å²) >= 11 is 0. The summed E-state index contributed by atoms with van der Waals surface area (Å²) in [7, 11) is 0. The third-order valence-electron chi connectivity index (χ3n) is 2.03. The van der Waals surface area contributed by atoms with E-state index in [-0.39, 0.29) is 5.82 Å². The zero-order valence-electron chi connectivity index (χ0n) is 7.16. The van der Waals surface area contributed by atoms with Crippen LogP contribution in [0.15, 0.2) is 18.2 Å². The van der Waals surface area contributed by atoms with Gasteiger partial charge in [0, 0.05) is 18.7 Å². The number of nitrogens with two attached hydrogens (primary N) is 1. The van der Waals surface area contributed by atoms with E-state index >= 15 is 0 Å². The minimum absolute atomic E-state index is 0.252. The maximum Gasteiger partial charge on any atom is 0.124 e. The summed E-state index contributed by atoms with van der Waals surface area (Å²) < 4.78 is 18.2.